The van der Waals surface area contributed by atoms with E-state index in [1.54, 1.807) is 0 Å². The topological polar surface area (TPSA) is 45.9 Å². The first-order chi connectivity index (χ1) is 13.9. The van der Waals surface area contributed by atoms with Crippen molar-refractivity contribution >= 4 is 14.3 Å². The minimum atomic E-state index is -1.06. The zero-order valence-electron chi connectivity index (χ0n) is 18.3. The zero-order chi connectivity index (χ0) is 20.7. The largest absolute Gasteiger partial charge is 0.361 e. The summed E-state index contributed by atoms with van der Waals surface area (Å²) in [7, 11) is -1.06. The van der Waals surface area contributed by atoms with E-state index >= 15 is 0 Å². The Morgan fingerprint density at radius 1 is 1.10 bits per heavy atom. The van der Waals surface area contributed by atoms with Crippen LogP contribution in [0.3, 0.4) is 0 Å². The van der Waals surface area contributed by atoms with Crippen LogP contribution in [-0.4, -0.2) is 66.5 Å². The maximum absolute atomic E-state index is 5.89. The lowest BCUT2D eigenvalue weighted by Gasteiger charge is -2.33. The third-order valence-corrected chi connectivity index (χ3v) is 6.94. The van der Waals surface area contributed by atoms with Crippen molar-refractivity contribution in [3.63, 3.8) is 0 Å². The molecule has 1 aromatic heterocycles. The number of ether oxygens (including phenoxy) is 1. The summed E-state index contributed by atoms with van der Waals surface area (Å²) in [6.45, 7) is 15.5. The van der Waals surface area contributed by atoms with Crippen molar-refractivity contribution in [3.05, 3.63) is 53.6 Å². The van der Waals surface area contributed by atoms with Crippen LogP contribution in [0.1, 0.15) is 17.0 Å². The molecule has 6 nitrogen and oxygen atoms in total. The fourth-order valence-electron chi connectivity index (χ4n) is 3.29. The van der Waals surface area contributed by atoms with E-state index in [1.165, 1.54) is 11.6 Å². The Labute approximate surface area is 176 Å². The molecule has 1 aromatic carbocycles. The highest BCUT2D eigenvalue weighted by molar-refractivity contribution is 6.76. The summed E-state index contributed by atoms with van der Waals surface area (Å²) >= 11 is 0. The Morgan fingerprint density at radius 3 is 2.52 bits per heavy atom. The zero-order valence-corrected chi connectivity index (χ0v) is 19.3. The Bertz CT molecular complexity index is 776. The van der Waals surface area contributed by atoms with Crippen LogP contribution in [0.2, 0.25) is 25.7 Å². The number of rotatable bonds is 9. The Balaban J connectivity index is 1.47. The number of benzene rings is 1. The SMILES string of the molecule is Cc1ncn(COCC[Si](C)(C)C)c1/C=N/N1CCN(Cc2ccccc2)CC1. The van der Waals surface area contributed by atoms with Gasteiger partial charge in [-0.3, -0.25) is 9.91 Å². The predicted octanol–water partition coefficient (Wildman–Crippen LogP) is 3.66. The monoisotopic (exact) mass is 413 g/mol. The van der Waals surface area contributed by atoms with Crippen LogP contribution in [0.15, 0.2) is 41.8 Å². The van der Waals surface area contributed by atoms with Crippen LogP contribution in [0.5, 0.6) is 0 Å². The van der Waals surface area contributed by atoms with Crippen LogP contribution >= 0.6 is 0 Å². The van der Waals surface area contributed by atoms with E-state index in [0.717, 1.165) is 50.7 Å². The summed E-state index contributed by atoms with van der Waals surface area (Å²) in [5.41, 5.74) is 3.40. The van der Waals surface area contributed by atoms with Gasteiger partial charge in [0.05, 0.1) is 23.9 Å². The van der Waals surface area contributed by atoms with Crippen LogP contribution < -0.4 is 0 Å². The molecular weight excluding hydrogens is 378 g/mol. The number of aromatic nitrogens is 2. The molecular formula is C22H35N5OSi. The lowest BCUT2D eigenvalue weighted by atomic mass is 10.2. The quantitative estimate of drug-likeness (QED) is 0.358. The predicted molar refractivity (Wildman–Crippen MR) is 122 cm³/mol. The van der Waals surface area contributed by atoms with Crippen molar-refractivity contribution in [2.75, 3.05) is 32.8 Å². The minimum absolute atomic E-state index is 0.539. The van der Waals surface area contributed by atoms with E-state index in [-0.39, 0.29) is 0 Å². The Hall–Kier alpha value is -1.96. The van der Waals surface area contributed by atoms with Crippen molar-refractivity contribution in [3.8, 4) is 0 Å². The normalized spacial score (nSPS) is 16.1. The molecule has 158 valence electrons. The third kappa shape index (κ3) is 7.10. The van der Waals surface area contributed by atoms with Crippen LogP contribution in [-0.2, 0) is 18.0 Å². The van der Waals surface area contributed by atoms with Gasteiger partial charge in [0.1, 0.15) is 6.73 Å². The van der Waals surface area contributed by atoms with E-state index < -0.39 is 8.07 Å². The summed E-state index contributed by atoms with van der Waals surface area (Å²) in [5, 5.41) is 6.89. The van der Waals surface area contributed by atoms with Crippen LogP contribution in [0, 0.1) is 6.92 Å². The molecule has 0 radical (unpaired) electrons. The molecule has 0 spiro atoms. The third-order valence-electron chi connectivity index (χ3n) is 5.24. The van der Waals surface area contributed by atoms with Gasteiger partial charge in [-0.1, -0.05) is 50.0 Å². The van der Waals surface area contributed by atoms with Gasteiger partial charge in [0.2, 0.25) is 0 Å². The van der Waals surface area contributed by atoms with Gasteiger partial charge < -0.3 is 9.30 Å². The maximum atomic E-state index is 5.89. The second-order valence-corrected chi connectivity index (χ2v) is 14.6. The highest BCUT2D eigenvalue weighted by atomic mass is 28.3. The van der Waals surface area contributed by atoms with Gasteiger partial charge in [-0.2, -0.15) is 5.10 Å². The van der Waals surface area contributed by atoms with Crippen LogP contribution in [0.25, 0.3) is 0 Å². The van der Waals surface area contributed by atoms with Gasteiger partial charge in [-0.25, -0.2) is 4.98 Å². The fraction of sp³-hybridized carbons (Fsp3) is 0.545. The first kappa shape index (κ1) is 21.7. The number of imidazole rings is 1. The van der Waals surface area contributed by atoms with Crippen molar-refractivity contribution in [1.82, 2.24) is 19.5 Å². The van der Waals surface area contributed by atoms with Gasteiger partial charge >= 0.3 is 0 Å². The molecule has 0 N–H and O–H groups in total. The molecule has 0 unspecified atom stereocenters. The summed E-state index contributed by atoms with van der Waals surface area (Å²) < 4.78 is 7.94. The van der Waals surface area contributed by atoms with Crippen molar-refractivity contribution in [2.45, 2.75) is 45.9 Å². The highest BCUT2D eigenvalue weighted by Gasteiger charge is 2.16. The van der Waals surface area contributed by atoms with E-state index in [0.29, 0.717) is 6.73 Å². The van der Waals surface area contributed by atoms with E-state index in [1.807, 2.05) is 19.5 Å². The summed E-state index contributed by atoms with van der Waals surface area (Å²) in [4.78, 5) is 6.93. The van der Waals surface area contributed by atoms with Gasteiger partial charge in [-0.15, -0.1) is 0 Å². The van der Waals surface area contributed by atoms with Crippen LogP contribution in [0.4, 0.5) is 0 Å². The first-order valence-electron chi connectivity index (χ1n) is 10.6. The molecule has 0 bridgehead atoms. The molecule has 2 aromatic rings. The van der Waals surface area contributed by atoms with Gasteiger partial charge in [0.15, 0.2) is 0 Å². The number of piperazine rings is 1. The molecule has 0 aliphatic carbocycles. The molecule has 7 heteroatoms. The average Bonchev–Trinajstić information content (AvgIpc) is 3.04. The first-order valence-corrected chi connectivity index (χ1v) is 14.3. The van der Waals surface area contributed by atoms with Crippen molar-refractivity contribution in [1.29, 1.82) is 0 Å². The van der Waals surface area contributed by atoms with E-state index in [2.05, 4.69) is 69.4 Å². The second kappa shape index (κ2) is 10.2. The smallest absolute Gasteiger partial charge is 0.124 e. The molecule has 1 aliphatic rings. The van der Waals surface area contributed by atoms with Gasteiger partial charge in [-0.05, 0) is 18.5 Å². The molecule has 0 saturated carbocycles. The summed E-state index contributed by atoms with van der Waals surface area (Å²) in [6, 6.07) is 11.9. The number of nitrogens with zero attached hydrogens (tertiary/aromatic N) is 5. The summed E-state index contributed by atoms with van der Waals surface area (Å²) in [6.07, 6.45) is 3.79. The minimum Gasteiger partial charge on any atom is -0.361 e. The molecule has 1 fully saturated rings. The average molecular weight is 414 g/mol. The Morgan fingerprint density at radius 2 is 1.83 bits per heavy atom. The second-order valence-electron chi connectivity index (χ2n) is 8.99. The maximum Gasteiger partial charge on any atom is 0.124 e. The van der Waals surface area contributed by atoms with Gasteiger partial charge in [0.25, 0.3) is 0 Å². The molecule has 3 rings (SSSR count). The standard InChI is InChI=1S/C22H35N5OSi/c1-20-22(26(18-23-20)19-28-14-15-29(2,3)4)16-24-27-12-10-25(11-13-27)17-21-8-6-5-7-9-21/h5-9,16,18H,10-15,17,19H2,1-4H3/b24-16+. The number of hydrazone groups is 1. The molecule has 29 heavy (non-hydrogen) atoms. The molecule has 2 heterocycles. The summed E-state index contributed by atoms with van der Waals surface area (Å²) in [5.74, 6) is 0. The van der Waals surface area contributed by atoms with Crippen molar-refractivity contribution < 1.29 is 4.74 Å². The molecule has 0 amide bonds. The van der Waals surface area contributed by atoms with Crippen molar-refractivity contribution in [2.24, 2.45) is 5.10 Å². The van der Waals surface area contributed by atoms with E-state index in [4.69, 9.17) is 9.84 Å². The highest BCUT2D eigenvalue weighted by Crippen LogP contribution is 2.11. The number of aryl methyl sites for hydroxylation is 1. The Kier molecular flexibility index (Phi) is 7.63. The van der Waals surface area contributed by atoms with E-state index in [9.17, 15) is 0 Å². The van der Waals surface area contributed by atoms with Gasteiger partial charge in [0, 0.05) is 47.4 Å². The number of hydrogen-bond donors (Lipinski definition) is 0. The number of hydrogen-bond acceptors (Lipinski definition) is 5. The molecule has 1 saturated heterocycles. The molecule has 0 atom stereocenters. The lowest BCUT2D eigenvalue weighted by Crippen LogP contribution is -2.43. The fourth-order valence-corrected chi connectivity index (χ4v) is 4.05. The lowest BCUT2D eigenvalue weighted by molar-refractivity contribution is 0.0867. The molecule has 1 aliphatic heterocycles.